The third-order valence-corrected chi connectivity index (χ3v) is 3.84. The molecule has 2 bridgehead atoms. The quantitative estimate of drug-likeness (QED) is 0.438. The van der Waals surface area contributed by atoms with Crippen molar-refractivity contribution < 1.29 is 0 Å². The van der Waals surface area contributed by atoms with Gasteiger partial charge in [-0.05, 0) is 37.0 Å². The Bertz CT molecular complexity index is 180. The van der Waals surface area contributed by atoms with Gasteiger partial charge in [0.05, 0.1) is 0 Å². The van der Waals surface area contributed by atoms with Crippen LogP contribution in [0.3, 0.4) is 0 Å². The van der Waals surface area contributed by atoms with E-state index in [1.54, 1.807) is 0 Å². The number of hydrogen-bond donors (Lipinski definition) is 0. The van der Waals surface area contributed by atoms with Crippen molar-refractivity contribution in [2.75, 3.05) is 0 Å². The second-order valence-electron chi connectivity index (χ2n) is 4.89. The summed E-state index contributed by atoms with van der Waals surface area (Å²) in [4.78, 5) is 0. The van der Waals surface area contributed by atoms with Crippen LogP contribution in [-0.2, 0) is 0 Å². The van der Waals surface area contributed by atoms with Gasteiger partial charge in [-0.2, -0.15) is 0 Å². The van der Waals surface area contributed by atoms with Gasteiger partial charge in [0, 0.05) is 0 Å². The van der Waals surface area contributed by atoms with Crippen molar-refractivity contribution in [3.05, 3.63) is 12.2 Å². The molecule has 0 saturated heterocycles. The SMILES string of the molecule is CCCCCC[C@@H]1C[C@H]2C=C[C@@H]1C2. The maximum Gasteiger partial charge on any atom is -0.0199 e. The number of hydrogen-bond acceptors (Lipinski definition) is 0. The highest BCUT2D eigenvalue weighted by atomic mass is 14.4. The summed E-state index contributed by atoms with van der Waals surface area (Å²) in [6.45, 7) is 2.29. The van der Waals surface area contributed by atoms with Gasteiger partial charge >= 0.3 is 0 Å². The zero-order chi connectivity index (χ0) is 9.10. The predicted octanol–water partition coefficient (Wildman–Crippen LogP) is 4.17. The molecule has 0 radical (unpaired) electrons. The number of rotatable bonds is 5. The van der Waals surface area contributed by atoms with Gasteiger partial charge in [0.1, 0.15) is 0 Å². The molecule has 0 aromatic heterocycles. The smallest absolute Gasteiger partial charge is 0.0199 e. The minimum atomic E-state index is 0.973. The Morgan fingerprint density at radius 2 is 2.00 bits per heavy atom. The van der Waals surface area contributed by atoms with Crippen LogP contribution >= 0.6 is 0 Å². The lowest BCUT2D eigenvalue weighted by Gasteiger charge is -2.17. The molecule has 0 aliphatic heterocycles. The molecule has 0 amide bonds. The minimum Gasteiger partial charge on any atom is -0.0851 e. The predicted molar refractivity (Wildman–Crippen MR) is 57.6 cm³/mol. The van der Waals surface area contributed by atoms with Gasteiger partial charge in [-0.1, -0.05) is 44.8 Å². The summed E-state index contributed by atoms with van der Waals surface area (Å²) in [5.41, 5.74) is 0. The average molecular weight is 178 g/mol. The van der Waals surface area contributed by atoms with Gasteiger partial charge in [0.15, 0.2) is 0 Å². The maximum atomic E-state index is 2.48. The first-order chi connectivity index (χ1) is 6.40. The summed E-state index contributed by atoms with van der Waals surface area (Å²) in [5, 5.41) is 0. The van der Waals surface area contributed by atoms with E-state index in [0.29, 0.717) is 0 Å². The van der Waals surface area contributed by atoms with Gasteiger partial charge in [-0.15, -0.1) is 0 Å². The van der Waals surface area contributed by atoms with E-state index >= 15 is 0 Å². The molecule has 0 heteroatoms. The Kier molecular flexibility index (Phi) is 3.08. The summed E-state index contributed by atoms with van der Waals surface area (Å²) in [5.74, 6) is 3.01. The molecular weight excluding hydrogens is 156 g/mol. The Balaban J connectivity index is 1.64. The fourth-order valence-electron chi connectivity index (χ4n) is 3.06. The Labute approximate surface area is 82.4 Å². The molecule has 3 atom stereocenters. The molecule has 2 aliphatic carbocycles. The van der Waals surface area contributed by atoms with E-state index in [1.807, 2.05) is 0 Å². The highest BCUT2D eigenvalue weighted by molar-refractivity contribution is 5.09. The van der Waals surface area contributed by atoms with Crippen LogP contribution in [-0.4, -0.2) is 0 Å². The van der Waals surface area contributed by atoms with E-state index in [0.717, 1.165) is 17.8 Å². The fraction of sp³-hybridized carbons (Fsp3) is 0.846. The Morgan fingerprint density at radius 3 is 2.62 bits per heavy atom. The number of fused-ring (bicyclic) bond motifs is 2. The molecule has 0 spiro atoms. The normalized spacial score (nSPS) is 35.9. The Morgan fingerprint density at radius 1 is 1.08 bits per heavy atom. The summed E-state index contributed by atoms with van der Waals surface area (Å²) < 4.78 is 0. The van der Waals surface area contributed by atoms with Gasteiger partial charge < -0.3 is 0 Å². The highest BCUT2D eigenvalue weighted by Crippen LogP contribution is 2.45. The van der Waals surface area contributed by atoms with Gasteiger partial charge in [-0.3, -0.25) is 0 Å². The molecule has 0 unspecified atom stereocenters. The molecule has 13 heavy (non-hydrogen) atoms. The van der Waals surface area contributed by atoms with Crippen LogP contribution in [0.25, 0.3) is 0 Å². The first kappa shape index (κ1) is 9.30. The molecule has 0 heterocycles. The second-order valence-corrected chi connectivity index (χ2v) is 4.89. The first-order valence-corrected chi connectivity index (χ1v) is 6.08. The zero-order valence-corrected chi connectivity index (χ0v) is 8.84. The molecular formula is C13H22. The maximum absolute atomic E-state index is 2.48. The van der Waals surface area contributed by atoms with Crippen molar-refractivity contribution in [1.82, 2.24) is 0 Å². The molecule has 0 nitrogen and oxygen atoms in total. The molecule has 1 fully saturated rings. The van der Waals surface area contributed by atoms with Crippen LogP contribution in [0.4, 0.5) is 0 Å². The van der Waals surface area contributed by atoms with Crippen molar-refractivity contribution in [2.45, 2.75) is 51.9 Å². The number of allylic oxidation sites excluding steroid dienone is 2. The molecule has 0 aromatic carbocycles. The van der Waals surface area contributed by atoms with Crippen molar-refractivity contribution in [3.8, 4) is 0 Å². The lowest BCUT2D eigenvalue weighted by atomic mass is 9.88. The van der Waals surface area contributed by atoms with E-state index in [9.17, 15) is 0 Å². The lowest BCUT2D eigenvalue weighted by molar-refractivity contribution is 0.395. The second kappa shape index (κ2) is 4.30. The topological polar surface area (TPSA) is 0 Å². The third kappa shape index (κ3) is 2.15. The summed E-state index contributed by atoms with van der Waals surface area (Å²) in [6.07, 6.45) is 15.2. The number of unbranched alkanes of at least 4 members (excludes halogenated alkanes) is 3. The summed E-state index contributed by atoms with van der Waals surface area (Å²) >= 11 is 0. The van der Waals surface area contributed by atoms with Crippen LogP contribution in [0, 0.1) is 17.8 Å². The Hall–Kier alpha value is -0.260. The van der Waals surface area contributed by atoms with Crippen LogP contribution in [0.15, 0.2) is 12.2 Å². The van der Waals surface area contributed by atoms with E-state index < -0.39 is 0 Å². The lowest BCUT2D eigenvalue weighted by Crippen LogP contribution is -2.06. The standard InChI is InChI=1S/C13H22/c1-2-3-4-5-6-12-9-11-7-8-13(12)10-11/h7-8,11-13H,2-6,9-10H2,1H3/t11-,12-,13-/m1/s1. The largest absolute Gasteiger partial charge is 0.0851 e. The molecule has 0 aromatic rings. The highest BCUT2D eigenvalue weighted by Gasteiger charge is 2.34. The van der Waals surface area contributed by atoms with E-state index in [-0.39, 0.29) is 0 Å². The molecule has 74 valence electrons. The van der Waals surface area contributed by atoms with Crippen molar-refractivity contribution in [3.63, 3.8) is 0 Å². The van der Waals surface area contributed by atoms with Crippen molar-refractivity contribution in [1.29, 1.82) is 0 Å². The monoisotopic (exact) mass is 178 g/mol. The van der Waals surface area contributed by atoms with Gasteiger partial charge in [0.25, 0.3) is 0 Å². The van der Waals surface area contributed by atoms with Crippen LogP contribution in [0.5, 0.6) is 0 Å². The third-order valence-electron chi connectivity index (χ3n) is 3.84. The molecule has 2 aliphatic rings. The van der Waals surface area contributed by atoms with Crippen LogP contribution in [0.2, 0.25) is 0 Å². The van der Waals surface area contributed by atoms with Crippen LogP contribution in [0.1, 0.15) is 51.9 Å². The summed E-state index contributed by atoms with van der Waals surface area (Å²) in [7, 11) is 0. The van der Waals surface area contributed by atoms with E-state index in [4.69, 9.17) is 0 Å². The van der Waals surface area contributed by atoms with Gasteiger partial charge in [0.2, 0.25) is 0 Å². The zero-order valence-electron chi connectivity index (χ0n) is 8.84. The van der Waals surface area contributed by atoms with Gasteiger partial charge in [-0.25, -0.2) is 0 Å². The van der Waals surface area contributed by atoms with E-state index in [2.05, 4.69) is 19.1 Å². The van der Waals surface area contributed by atoms with Crippen molar-refractivity contribution >= 4 is 0 Å². The molecule has 2 rings (SSSR count). The average Bonchev–Trinajstić information content (AvgIpc) is 2.73. The van der Waals surface area contributed by atoms with E-state index in [1.165, 1.54) is 44.9 Å². The first-order valence-electron chi connectivity index (χ1n) is 6.08. The van der Waals surface area contributed by atoms with Crippen molar-refractivity contribution in [2.24, 2.45) is 17.8 Å². The fourth-order valence-corrected chi connectivity index (χ4v) is 3.06. The minimum absolute atomic E-state index is 0.973. The molecule has 1 saturated carbocycles. The summed E-state index contributed by atoms with van der Waals surface area (Å²) in [6, 6.07) is 0. The van der Waals surface area contributed by atoms with Crippen LogP contribution < -0.4 is 0 Å². The molecule has 0 N–H and O–H groups in total.